The van der Waals surface area contributed by atoms with Crippen molar-refractivity contribution in [1.82, 2.24) is 10.9 Å². The number of hydrogen-bond donors (Lipinski definition) is 2. The Morgan fingerprint density at radius 1 is 0.706 bits per heavy atom. The maximum Gasteiger partial charge on any atom is 0.276 e. The number of carbonyl (C=O) groups excluding carboxylic acids is 2. The molecule has 4 rings (SSSR count). The minimum atomic E-state index is -0.553. The minimum absolute atomic E-state index is 0.245. The number of hydrogen-bond acceptors (Lipinski definition) is 3. The van der Waals surface area contributed by atoms with E-state index in [-0.39, 0.29) is 12.5 Å². The highest BCUT2D eigenvalue weighted by Gasteiger charge is 2.23. The number of rotatable bonds is 7. The van der Waals surface area contributed by atoms with Gasteiger partial charge in [0.05, 0.1) is 10.4 Å². The predicted molar refractivity (Wildman–Crippen MR) is 136 cm³/mol. The van der Waals surface area contributed by atoms with Crippen LogP contribution in [0.1, 0.15) is 17.0 Å². The van der Waals surface area contributed by atoms with Crippen molar-refractivity contribution in [2.24, 2.45) is 0 Å². The number of benzene rings is 4. The third-order valence-electron chi connectivity index (χ3n) is 5.25. The van der Waals surface area contributed by atoms with Gasteiger partial charge in [-0.15, -0.1) is 0 Å². The Kier molecular flexibility index (Phi) is 7.73. The molecule has 6 heteroatoms. The molecule has 0 bridgehead atoms. The van der Waals surface area contributed by atoms with Gasteiger partial charge in [0.1, 0.15) is 5.75 Å². The van der Waals surface area contributed by atoms with Gasteiger partial charge in [0.2, 0.25) is 5.91 Å². The average molecular weight is 515 g/mol. The zero-order valence-corrected chi connectivity index (χ0v) is 19.9. The fourth-order valence-corrected chi connectivity index (χ4v) is 4.09. The summed E-state index contributed by atoms with van der Waals surface area (Å²) in [6.07, 6.45) is 0. The lowest BCUT2D eigenvalue weighted by atomic mass is 9.91. The average Bonchev–Trinajstić information content (AvgIpc) is 2.88. The van der Waals surface area contributed by atoms with Crippen LogP contribution >= 0.6 is 15.9 Å². The summed E-state index contributed by atoms with van der Waals surface area (Å²) in [5.41, 5.74) is 8.76. The van der Waals surface area contributed by atoms with E-state index >= 15 is 0 Å². The van der Waals surface area contributed by atoms with E-state index < -0.39 is 11.8 Å². The summed E-state index contributed by atoms with van der Waals surface area (Å²) in [5, 5.41) is 0. The molecule has 0 aliphatic rings. The Morgan fingerprint density at radius 2 is 1.26 bits per heavy atom. The second-order valence-electron chi connectivity index (χ2n) is 7.59. The smallest absolute Gasteiger partial charge is 0.276 e. The topological polar surface area (TPSA) is 67.4 Å². The molecule has 0 heterocycles. The lowest BCUT2D eigenvalue weighted by Crippen LogP contribution is -2.46. The van der Waals surface area contributed by atoms with Gasteiger partial charge in [-0.05, 0) is 50.3 Å². The van der Waals surface area contributed by atoms with E-state index in [0.29, 0.717) is 5.75 Å². The minimum Gasteiger partial charge on any atom is -0.483 e. The van der Waals surface area contributed by atoms with Crippen molar-refractivity contribution in [2.45, 2.75) is 5.92 Å². The SMILES string of the molecule is O=C(COc1ccc(-c2ccccc2)cc1Br)NNC(=O)C(c1ccccc1)c1ccccc1. The normalized spacial score (nSPS) is 10.5. The first-order valence-electron chi connectivity index (χ1n) is 10.8. The summed E-state index contributed by atoms with van der Waals surface area (Å²) in [6.45, 7) is -0.245. The molecule has 0 radical (unpaired) electrons. The quantitative estimate of drug-likeness (QED) is 0.321. The van der Waals surface area contributed by atoms with Gasteiger partial charge >= 0.3 is 0 Å². The van der Waals surface area contributed by atoms with Crippen molar-refractivity contribution in [1.29, 1.82) is 0 Å². The van der Waals surface area contributed by atoms with Crippen molar-refractivity contribution in [2.75, 3.05) is 6.61 Å². The van der Waals surface area contributed by atoms with E-state index in [1.54, 1.807) is 6.07 Å². The molecule has 0 saturated carbocycles. The predicted octanol–water partition coefficient (Wildman–Crippen LogP) is 5.47. The van der Waals surface area contributed by atoms with Crippen LogP contribution in [0.5, 0.6) is 5.75 Å². The fourth-order valence-electron chi connectivity index (χ4n) is 3.60. The zero-order chi connectivity index (χ0) is 23.8. The van der Waals surface area contributed by atoms with Gasteiger partial charge in [0.25, 0.3) is 5.91 Å². The van der Waals surface area contributed by atoms with E-state index in [1.807, 2.05) is 103 Å². The van der Waals surface area contributed by atoms with Crippen molar-refractivity contribution >= 4 is 27.7 Å². The summed E-state index contributed by atoms with van der Waals surface area (Å²) in [6, 6.07) is 34.5. The van der Waals surface area contributed by atoms with E-state index in [2.05, 4.69) is 26.8 Å². The third-order valence-corrected chi connectivity index (χ3v) is 5.87. The molecule has 34 heavy (non-hydrogen) atoms. The molecule has 0 fully saturated rings. The van der Waals surface area contributed by atoms with Gasteiger partial charge in [-0.1, -0.05) is 97.1 Å². The molecule has 4 aromatic carbocycles. The molecule has 0 unspecified atom stereocenters. The molecular formula is C28H23BrN2O3. The second-order valence-corrected chi connectivity index (χ2v) is 8.45. The molecule has 0 aliphatic carbocycles. The number of halogens is 1. The Morgan fingerprint density at radius 3 is 1.82 bits per heavy atom. The largest absolute Gasteiger partial charge is 0.483 e. The van der Waals surface area contributed by atoms with Gasteiger partial charge in [-0.2, -0.15) is 0 Å². The summed E-state index contributed by atoms with van der Waals surface area (Å²) in [7, 11) is 0. The molecule has 2 amide bonds. The molecule has 0 saturated heterocycles. The van der Waals surface area contributed by atoms with E-state index in [0.717, 1.165) is 26.7 Å². The van der Waals surface area contributed by atoms with Crippen molar-refractivity contribution < 1.29 is 14.3 Å². The number of nitrogens with one attached hydrogen (secondary N) is 2. The van der Waals surface area contributed by atoms with Crippen LogP contribution in [0.25, 0.3) is 11.1 Å². The molecule has 5 nitrogen and oxygen atoms in total. The van der Waals surface area contributed by atoms with Crippen molar-refractivity contribution in [3.05, 3.63) is 125 Å². The highest BCUT2D eigenvalue weighted by atomic mass is 79.9. The summed E-state index contributed by atoms with van der Waals surface area (Å²) in [4.78, 5) is 25.3. The monoisotopic (exact) mass is 514 g/mol. The Hall–Kier alpha value is -3.90. The Bertz CT molecular complexity index is 1210. The summed E-state index contributed by atoms with van der Waals surface area (Å²) < 4.78 is 6.38. The van der Waals surface area contributed by atoms with Crippen LogP contribution in [0.4, 0.5) is 0 Å². The maximum atomic E-state index is 13.0. The van der Waals surface area contributed by atoms with Crippen LogP contribution in [0, 0.1) is 0 Å². The van der Waals surface area contributed by atoms with Crippen molar-refractivity contribution in [3.8, 4) is 16.9 Å². The fraction of sp³-hybridized carbons (Fsp3) is 0.0714. The zero-order valence-electron chi connectivity index (χ0n) is 18.3. The first kappa shape index (κ1) is 23.3. The van der Waals surface area contributed by atoms with Gasteiger partial charge in [0, 0.05) is 0 Å². The van der Waals surface area contributed by atoms with Gasteiger partial charge in [-0.25, -0.2) is 0 Å². The lowest BCUT2D eigenvalue weighted by molar-refractivity contribution is -0.130. The van der Waals surface area contributed by atoms with Crippen molar-refractivity contribution in [3.63, 3.8) is 0 Å². The van der Waals surface area contributed by atoms with Crippen LogP contribution in [-0.4, -0.2) is 18.4 Å². The molecule has 0 aromatic heterocycles. The Labute approximate surface area is 206 Å². The molecular weight excluding hydrogens is 492 g/mol. The van der Waals surface area contributed by atoms with Gasteiger partial charge in [0.15, 0.2) is 6.61 Å². The lowest BCUT2D eigenvalue weighted by Gasteiger charge is -2.18. The van der Waals surface area contributed by atoms with Gasteiger partial charge in [-0.3, -0.25) is 20.4 Å². The molecule has 4 aromatic rings. The molecule has 0 aliphatic heterocycles. The number of ether oxygens (including phenoxy) is 1. The molecule has 2 N–H and O–H groups in total. The summed E-state index contributed by atoms with van der Waals surface area (Å²) >= 11 is 3.50. The van der Waals surface area contributed by atoms with Gasteiger partial charge < -0.3 is 4.74 Å². The van der Waals surface area contributed by atoms with Crippen LogP contribution in [-0.2, 0) is 9.59 Å². The molecule has 0 atom stereocenters. The maximum absolute atomic E-state index is 13.0. The van der Waals surface area contributed by atoms with Crippen LogP contribution in [0.3, 0.4) is 0 Å². The third kappa shape index (κ3) is 5.91. The first-order valence-corrected chi connectivity index (χ1v) is 11.6. The number of amides is 2. The van der Waals surface area contributed by atoms with E-state index in [4.69, 9.17) is 4.74 Å². The van der Waals surface area contributed by atoms with E-state index in [1.165, 1.54) is 0 Å². The van der Waals surface area contributed by atoms with Crippen LogP contribution in [0.15, 0.2) is 114 Å². The van der Waals surface area contributed by atoms with Crippen LogP contribution < -0.4 is 15.6 Å². The molecule has 170 valence electrons. The first-order chi connectivity index (χ1) is 16.6. The highest BCUT2D eigenvalue weighted by molar-refractivity contribution is 9.10. The Balaban J connectivity index is 1.35. The second kappa shape index (κ2) is 11.3. The van der Waals surface area contributed by atoms with Crippen LogP contribution in [0.2, 0.25) is 0 Å². The standard InChI is InChI=1S/C28H23BrN2O3/c29-24-18-23(20-10-4-1-5-11-20)16-17-25(24)34-19-26(32)30-31-28(33)27(21-12-6-2-7-13-21)22-14-8-3-9-15-22/h1-18,27H,19H2,(H,30,32)(H,31,33). The highest BCUT2D eigenvalue weighted by Crippen LogP contribution is 2.30. The number of hydrazine groups is 1. The number of carbonyl (C=O) groups is 2. The summed E-state index contributed by atoms with van der Waals surface area (Å²) in [5.74, 6) is -0.817. The molecule has 0 spiro atoms. The van der Waals surface area contributed by atoms with E-state index in [9.17, 15) is 9.59 Å².